The number of anilines is 1. The highest BCUT2D eigenvalue weighted by Gasteiger charge is 2.17. The molecule has 1 aliphatic carbocycles. The molecule has 0 amide bonds. The number of fused-ring (bicyclic) bond motifs is 1. The van der Waals surface area contributed by atoms with Crippen LogP contribution in [0.4, 0.5) is 5.82 Å². The Morgan fingerprint density at radius 2 is 2.33 bits per heavy atom. The van der Waals surface area contributed by atoms with Crippen LogP contribution in [-0.4, -0.2) is 35.8 Å². The number of aliphatic carboxylic acids is 1. The molecule has 21 heavy (non-hydrogen) atoms. The van der Waals surface area contributed by atoms with Crippen LogP contribution in [0.25, 0.3) is 0 Å². The monoisotopic (exact) mass is 289 g/mol. The number of nitriles is 1. The van der Waals surface area contributed by atoms with Crippen LogP contribution in [0.15, 0.2) is 6.07 Å². The number of rotatable bonds is 6. The van der Waals surface area contributed by atoms with E-state index in [1.807, 2.05) is 6.07 Å². The van der Waals surface area contributed by atoms with Crippen molar-refractivity contribution in [3.05, 3.63) is 22.9 Å². The number of carboxylic acid groups (broad SMARTS) is 1. The zero-order valence-electron chi connectivity index (χ0n) is 12.1. The van der Waals surface area contributed by atoms with Gasteiger partial charge in [0, 0.05) is 19.3 Å². The van der Waals surface area contributed by atoms with Gasteiger partial charge in [0.2, 0.25) is 0 Å². The molecule has 0 radical (unpaired) electrons. The average molecular weight is 289 g/mol. The molecule has 1 unspecified atom stereocenters. The van der Waals surface area contributed by atoms with E-state index in [4.69, 9.17) is 9.84 Å². The molecule has 0 aromatic carbocycles. The van der Waals surface area contributed by atoms with E-state index in [-0.39, 0.29) is 6.42 Å². The summed E-state index contributed by atoms with van der Waals surface area (Å²) >= 11 is 0. The molecule has 0 saturated carbocycles. The maximum absolute atomic E-state index is 10.7. The Balaban J connectivity index is 2.12. The zero-order valence-corrected chi connectivity index (χ0v) is 12.1. The van der Waals surface area contributed by atoms with E-state index >= 15 is 0 Å². The number of carboxylic acids is 1. The SMILES string of the molecule is COC(CNc1nc2c(cc1C#N)CCCC2)CC(=O)O. The molecule has 6 nitrogen and oxygen atoms in total. The van der Waals surface area contributed by atoms with Crippen molar-refractivity contribution >= 4 is 11.8 Å². The molecule has 1 aromatic rings. The number of ether oxygens (including phenoxy) is 1. The lowest BCUT2D eigenvalue weighted by molar-refractivity contribution is -0.139. The molecule has 0 spiro atoms. The number of methoxy groups -OCH3 is 1. The fourth-order valence-electron chi connectivity index (χ4n) is 2.50. The Kier molecular flexibility index (Phi) is 5.12. The quantitative estimate of drug-likeness (QED) is 0.828. The molecule has 1 aliphatic rings. The number of carbonyl (C=O) groups is 1. The average Bonchev–Trinajstić information content (AvgIpc) is 2.50. The molecular formula is C15H19N3O3. The van der Waals surface area contributed by atoms with E-state index in [0.29, 0.717) is 17.9 Å². The van der Waals surface area contributed by atoms with E-state index in [9.17, 15) is 10.1 Å². The Morgan fingerprint density at radius 3 is 3.00 bits per heavy atom. The molecule has 2 N–H and O–H groups in total. The first-order valence-electron chi connectivity index (χ1n) is 7.05. The zero-order chi connectivity index (χ0) is 15.2. The Hall–Kier alpha value is -2.13. The highest BCUT2D eigenvalue weighted by molar-refractivity contribution is 5.67. The fraction of sp³-hybridized carbons (Fsp3) is 0.533. The van der Waals surface area contributed by atoms with Gasteiger partial charge in [-0.3, -0.25) is 4.79 Å². The number of nitrogens with zero attached hydrogens (tertiary/aromatic N) is 2. The van der Waals surface area contributed by atoms with Gasteiger partial charge in [0.25, 0.3) is 0 Å². The Bertz CT molecular complexity index is 566. The van der Waals surface area contributed by atoms with Crippen LogP contribution >= 0.6 is 0 Å². The number of aromatic nitrogens is 1. The highest BCUT2D eigenvalue weighted by atomic mass is 16.5. The van der Waals surface area contributed by atoms with Gasteiger partial charge >= 0.3 is 5.97 Å². The van der Waals surface area contributed by atoms with Crippen LogP contribution in [0.5, 0.6) is 0 Å². The Labute approximate surface area is 123 Å². The predicted octanol–water partition coefficient (Wildman–Crippen LogP) is 1.73. The summed E-state index contributed by atoms with van der Waals surface area (Å²) in [7, 11) is 1.47. The van der Waals surface area contributed by atoms with Gasteiger partial charge in [0.05, 0.1) is 18.1 Å². The topological polar surface area (TPSA) is 95.2 Å². The summed E-state index contributed by atoms with van der Waals surface area (Å²) in [5.74, 6) is -0.395. The predicted molar refractivity (Wildman–Crippen MR) is 77.1 cm³/mol. The minimum Gasteiger partial charge on any atom is -0.481 e. The number of aryl methyl sites for hydroxylation is 2. The molecule has 0 saturated heterocycles. The van der Waals surface area contributed by atoms with E-state index in [0.717, 1.165) is 36.9 Å². The van der Waals surface area contributed by atoms with Crippen molar-refractivity contribution in [3.63, 3.8) is 0 Å². The number of hydrogen-bond donors (Lipinski definition) is 2. The standard InChI is InChI=1S/C15H19N3O3/c1-21-12(7-14(19)20)9-17-15-11(8-16)6-10-4-2-3-5-13(10)18-15/h6,12H,2-5,7,9H2,1H3,(H,17,18)(H,19,20). The van der Waals surface area contributed by atoms with Crippen molar-refractivity contribution in [1.82, 2.24) is 4.98 Å². The fourth-order valence-corrected chi connectivity index (χ4v) is 2.50. The maximum atomic E-state index is 10.7. The van der Waals surface area contributed by atoms with Crippen molar-refractivity contribution < 1.29 is 14.6 Å². The molecule has 0 bridgehead atoms. The summed E-state index contributed by atoms with van der Waals surface area (Å²) in [6.07, 6.45) is 3.61. The molecule has 2 rings (SSSR count). The third kappa shape index (κ3) is 3.92. The van der Waals surface area contributed by atoms with Gasteiger partial charge in [0.15, 0.2) is 0 Å². The van der Waals surface area contributed by atoms with Crippen LogP contribution in [0, 0.1) is 11.3 Å². The lowest BCUT2D eigenvalue weighted by Crippen LogP contribution is -2.26. The normalized spacial score (nSPS) is 14.9. The molecular weight excluding hydrogens is 270 g/mol. The lowest BCUT2D eigenvalue weighted by atomic mass is 9.95. The minimum absolute atomic E-state index is 0.0870. The van der Waals surface area contributed by atoms with Gasteiger partial charge in [-0.2, -0.15) is 5.26 Å². The summed E-state index contributed by atoms with van der Waals surface area (Å²) in [4.78, 5) is 15.3. The Morgan fingerprint density at radius 1 is 1.57 bits per heavy atom. The van der Waals surface area contributed by atoms with Crippen molar-refractivity contribution in [2.24, 2.45) is 0 Å². The third-order valence-electron chi connectivity index (χ3n) is 3.65. The van der Waals surface area contributed by atoms with E-state index in [1.165, 1.54) is 7.11 Å². The van der Waals surface area contributed by atoms with Gasteiger partial charge in [-0.15, -0.1) is 0 Å². The lowest BCUT2D eigenvalue weighted by Gasteiger charge is -2.19. The molecule has 1 heterocycles. The molecule has 112 valence electrons. The maximum Gasteiger partial charge on any atom is 0.306 e. The number of hydrogen-bond acceptors (Lipinski definition) is 5. The number of pyridine rings is 1. The first-order chi connectivity index (χ1) is 10.1. The summed E-state index contributed by atoms with van der Waals surface area (Å²) in [5, 5.41) is 21.1. The third-order valence-corrected chi connectivity index (χ3v) is 3.65. The van der Waals surface area contributed by atoms with Gasteiger partial charge in [-0.1, -0.05) is 0 Å². The van der Waals surface area contributed by atoms with Gasteiger partial charge in [-0.25, -0.2) is 4.98 Å². The summed E-state index contributed by atoms with van der Waals surface area (Å²) < 4.78 is 5.11. The second-order valence-electron chi connectivity index (χ2n) is 5.15. The van der Waals surface area contributed by atoms with Gasteiger partial charge in [0.1, 0.15) is 11.9 Å². The van der Waals surface area contributed by atoms with Crippen molar-refractivity contribution in [1.29, 1.82) is 5.26 Å². The number of nitrogens with one attached hydrogen (secondary N) is 1. The minimum atomic E-state index is -0.914. The van der Waals surface area contributed by atoms with Gasteiger partial charge < -0.3 is 15.2 Å². The smallest absolute Gasteiger partial charge is 0.306 e. The second-order valence-corrected chi connectivity index (χ2v) is 5.15. The van der Waals surface area contributed by atoms with Crippen LogP contribution in [0.3, 0.4) is 0 Å². The van der Waals surface area contributed by atoms with Crippen LogP contribution in [0.2, 0.25) is 0 Å². The summed E-state index contributed by atoms with van der Waals surface area (Å²) in [6, 6.07) is 4.04. The van der Waals surface area contributed by atoms with E-state index < -0.39 is 12.1 Å². The molecule has 0 fully saturated rings. The summed E-state index contributed by atoms with van der Waals surface area (Å²) in [6.45, 7) is 0.309. The van der Waals surface area contributed by atoms with E-state index in [1.54, 1.807) is 0 Å². The van der Waals surface area contributed by atoms with Crippen LogP contribution in [-0.2, 0) is 22.4 Å². The molecule has 6 heteroatoms. The molecule has 0 aliphatic heterocycles. The van der Waals surface area contributed by atoms with Gasteiger partial charge in [-0.05, 0) is 37.3 Å². The second kappa shape index (κ2) is 7.04. The summed E-state index contributed by atoms with van der Waals surface area (Å²) in [5.41, 5.74) is 2.69. The van der Waals surface area contributed by atoms with Crippen molar-refractivity contribution in [3.8, 4) is 6.07 Å². The van der Waals surface area contributed by atoms with Crippen molar-refractivity contribution in [2.45, 2.75) is 38.2 Å². The van der Waals surface area contributed by atoms with Crippen molar-refractivity contribution in [2.75, 3.05) is 19.0 Å². The first kappa shape index (κ1) is 15.3. The highest BCUT2D eigenvalue weighted by Crippen LogP contribution is 2.24. The molecule has 1 atom stereocenters. The van der Waals surface area contributed by atoms with Crippen LogP contribution < -0.4 is 5.32 Å². The van der Waals surface area contributed by atoms with Crippen LogP contribution in [0.1, 0.15) is 36.1 Å². The molecule has 1 aromatic heterocycles. The first-order valence-corrected chi connectivity index (χ1v) is 7.05. The largest absolute Gasteiger partial charge is 0.481 e. The van der Waals surface area contributed by atoms with E-state index in [2.05, 4.69) is 16.4 Å².